The first kappa shape index (κ1) is 33.5. The highest BCUT2D eigenvalue weighted by atomic mass is 16.5. The molecule has 2 saturated carbocycles. The second-order valence-corrected chi connectivity index (χ2v) is 14.1. The molecule has 1 atom stereocenters. The molecule has 10 heteroatoms. The molecular formula is C38H49N7O3. The maximum absolute atomic E-state index is 14.7. The summed E-state index contributed by atoms with van der Waals surface area (Å²) in [6, 6.07) is 16.0. The first-order valence-electron chi connectivity index (χ1n) is 17.3. The molecule has 2 fully saturated rings. The maximum Gasteiger partial charge on any atom is 0.274 e. The number of aryl methyl sites for hydroxylation is 1. The van der Waals surface area contributed by atoms with Crippen LogP contribution in [0.3, 0.4) is 0 Å². The molecular weight excluding hydrogens is 602 g/mol. The number of carbonyl (C=O) groups is 2. The molecule has 0 aromatic heterocycles. The number of hydrazine groups is 1. The Hall–Kier alpha value is -4.44. The van der Waals surface area contributed by atoms with Crippen LogP contribution in [-0.4, -0.2) is 40.5 Å². The summed E-state index contributed by atoms with van der Waals surface area (Å²) >= 11 is 0. The van der Waals surface area contributed by atoms with Crippen molar-refractivity contribution in [3.05, 3.63) is 94.3 Å². The molecule has 1 spiro atoms. The fourth-order valence-electron chi connectivity index (χ4n) is 7.56. The zero-order valence-electron chi connectivity index (χ0n) is 28.4. The third-order valence-corrected chi connectivity index (χ3v) is 10.5. The standard InChI is InChI=1S/C38H49N7O3/c1-24(2)27-17-19-38(20-18-27)42-34(28-11-14-31(15-12-28)48-23-26-7-5-4-6-8-26)37(47)45(38)35(29-9-10-29)30-13-16-32(25(3)21-30)36(46)41-22-33(39)43-44-40/h4-8,11,13,15-16,21,24,27,29,35,44H,9-10,12,14,17-20,22-23,40H2,1-3H3,(H2,39,43)(H,41,46). The van der Waals surface area contributed by atoms with E-state index in [0.717, 1.165) is 66.5 Å². The number of allylic oxidation sites excluding steroid dienone is 2. The normalized spacial score (nSPS) is 23.5. The molecule has 6 rings (SSSR count). The highest BCUT2D eigenvalue weighted by Crippen LogP contribution is 2.53. The third-order valence-electron chi connectivity index (χ3n) is 10.5. The first-order valence-corrected chi connectivity index (χ1v) is 17.3. The Morgan fingerprint density at radius 2 is 1.81 bits per heavy atom. The number of amides is 2. The smallest absolute Gasteiger partial charge is 0.274 e. The van der Waals surface area contributed by atoms with E-state index in [4.69, 9.17) is 21.3 Å². The summed E-state index contributed by atoms with van der Waals surface area (Å²) in [6.45, 7) is 7.14. The zero-order valence-corrected chi connectivity index (χ0v) is 28.4. The number of benzene rings is 2. The number of nitrogens with two attached hydrogens (primary N) is 2. The number of amidine groups is 1. The van der Waals surface area contributed by atoms with Crippen molar-refractivity contribution in [3.63, 3.8) is 0 Å². The predicted octanol–water partition coefficient (Wildman–Crippen LogP) is 5.56. The van der Waals surface area contributed by atoms with Gasteiger partial charge in [-0.1, -0.05) is 62.4 Å². The summed E-state index contributed by atoms with van der Waals surface area (Å²) in [5.74, 6) is 7.68. The van der Waals surface area contributed by atoms with Gasteiger partial charge in [-0.3, -0.25) is 14.6 Å². The van der Waals surface area contributed by atoms with Gasteiger partial charge < -0.3 is 20.7 Å². The van der Waals surface area contributed by atoms with Crippen LogP contribution in [0.1, 0.15) is 98.3 Å². The van der Waals surface area contributed by atoms with E-state index in [-0.39, 0.29) is 30.2 Å². The molecule has 0 bridgehead atoms. The molecule has 2 amide bonds. The average molecular weight is 652 g/mol. The topological polar surface area (TPSA) is 147 Å². The Bertz CT molecular complexity index is 1630. The van der Waals surface area contributed by atoms with Gasteiger partial charge in [0.15, 0.2) is 0 Å². The zero-order chi connectivity index (χ0) is 33.8. The fraction of sp³-hybridized carbons (Fsp3) is 0.474. The largest absolute Gasteiger partial charge is 0.493 e. The molecule has 1 unspecified atom stereocenters. The SMILES string of the molecule is Cc1cc(C(C2CC2)N2C(=O)C(C3=CCC(OCc4ccccc4)=CC3)=NC23CCC(C(C)C)CC3)ccc1C(=O)NCC(N)=NNN. The van der Waals surface area contributed by atoms with Gasteiger partial charge in [-0.15, -0.1) is 0 Å². The Balaban J connectivity index is 1.25. The van der Waals surface area contributed by atoms with Crippen molar-refractivity contribution < 1.29 is 14.3 Å². The van der Waals surface area contributed by atoms with Crippen molar-refractivity contribution in [2.24, 2.45) is 39.4 Å². The molecule has 48 heavy (non-hydrogen) atoms. The Morgan fingerprint density at radius 3 is 2.44 bits per heavy atom. The van der Waals surface area contributed by atoms with Gasteiger partial charge in [0, 0.05) is 12.0 Å². The van der Waals surface area contributed by atoms with Crippen molar-refractivity contribution in [2.45, 2.75) is 90.4 Å². The molecule has 1 aliphatic heterocycles. The molecule has 1 heterocycles. The lowest BCUT2D eigenvalue weighted by atomic mass is 9.75. The number of rotatable bonds is 12. The van der Waals surface area contributed by atoms with Crippen LogP contribution < -0.4 is 22.4 Å². The highest BCUT2D eigenvalue weighted by molar-refractivity contribution is 6.46. The van der Waals surface area contributed by atoms with Gasteiger partial charge in [-0.05, 0) is 104 Å². The van der Waals surface area contributed by atoms with E-state index in [9.17, 15) is 9.59 Å². The van der Waals surface area contributed by atoms with E-state index in [1.54, 1.807) is 0 Å². The molecule has 0 saturated heterocycles. The molecule has 10 nitrogen and oxygen atoms in total. The van der Waals surface area contributed by atoms with Gasteiger partial charge in [-0.2, -0.15) is 5.10 Å². The summed E-state index contributed by atoms with van der Waals surface area (Å²) < 4.78 is 6.12. The molecule has 2 aromatic rings. The molecule has 0 radical (unpaired) electrons. The van der Waals surface area contributed by atoms with Gasteiger partial charge in [-0.25, -0.2) is 11.4 Å². The van der Waals surface area contributed by atoms with Gasteiger partial charge in [0.25, 0.3) is 11.8 Å². The van der Waals surface area contributed by atoms with Gasteiger partial charge in [0.2, 0.25) is 0 Å². The summed E-state index contributed by atoms with van der Waals surface area (Å²) in [4.78, 5) is 35.3. The third kappa shape index (κ3) is 7.18. The number of carbonyl (C=O) groups excluding carboxylic acids is 2. The number of nitrogens with zero attached hydrogens (tertiary/aromatic N) is 3. The van der Waals surface area contributed by atoms with Crippen LogP contribution in [0.4, 0.5) is 0 Å². The molecule has 3 aliphatic carbocycles. The second kappa shape index (κ2) is 14.4. The van der Waals surface area contributed by atoms with E-state index >= 15 is 0 Å². The average Bonchev–Trinajstić information content (AvgIpc) is 3.89. The van der Waals surface area contributed by atoms with Crippen molar-refractivity contribution >= 4 is 23.4 Å². The highest BCUT2D eigenvalue weighted by Gasteiger charge is 2.55. The van der Waals surface area contributed by atoms with E-state index in [1.807, 2.05) is 37.3 Å². The van der Waals surface area contributed by atoms with E-state index in [1.165, 1.54) is 0 Å². The molecule has 6 N–H and O–H groups in total. The van der Waals surface area contributed by atoms with Crippen LogP contribution in [0.15, 0.2) is 82.1 Å². The summed E-state index contributed by atoms with van der Waals surface area (Å²) in [5, 5.41) is 6.49. The quantitative estimate of drug-likeness (QED) is 0.102. The number of hydrazone groups is 1. The Morgan fingerprint density at radius 1 is 1.06 bits per heavy atom. The maximum atomic E-state index is 14.7. The minimum Gasteiger partial charge on any atom is -0.493 e. The van der Waals surface area contributed by atoms with Gasteiger partial charge in [0.1, 0.15) is 23.8 Å². The van der Waals surface area contributed by atoms with Crippen LogP contribution in [0.25, 0.3) is 0 Å². The summed E-state index contributed by atoms with van der Waals surface area (Å²) in [6.07, 6.45) is 11.5. The lowest BCUT2D eigenvalue weighted by molar-refractivity contribution is -0.134. The van der Waals surface area contributed by atoms with Gasteiger partial charge in [0.05, 0.1) is 18.3 Å². The number of hydrogen-bond donors (Lipinski definition) is 4. The lowest BCUT2D eigenvalue weighted by Gasteiger charge is -2.46. The van der Waals surface area contributed by atoms with E-state index in [0.29, 0.717) is 48.5 Å². The lowest BCUT2D eigenvalue weighted by Crippen LogP contribution is -2.51. The van der Waals surface area contributed by atoms with Crippen LogP contribution in [0.2, 0.25) is 0 Å². The van der Waals surface area contributed by atoms with Crippen LogP contribution in [-0.2, 0) is 16.1 Å². The number of ether oxygens (including phenoxy) is 1. The molecule has 4 aliphatic rings. The Kier molecular flexibility index (Phi) is 10.0. The minimum absolute atomic E-state index is 0.0333. The van der Waals surface area contributed by atoms with Crippen LogP contribution >= 0.6 is 0 Å². The number of nitrogens with one attached hydrogen (secondary N) is 2. The number of hydrogen-bond acceptors (Lipinski definition) is 7. The molecule has 254 valence electrons. The Labute approximate surface area is 283 Å². The van der Waals surface area contributed by atoms with Crippen LogP contribution in [0.5, 0.6) is 0 Å². The summed E-state index contributed by atoms with van der Waals surface area (Å²) in [5.41, 5.74) is 12.5. The minimum atomic E-state index is -0.558. The van der Waals surface area contributed by atoms with Crippen molar-refractivity contribution in [2.75, 3.05) is 6.54 Å². The number of aliphatic imine (C=N–C) groups is 1. The van der Waals surface area contributed by atoms with Crippen LogP contribution in [0, 0.1) is 24.7 Å². The first-order chi connectivity index (χ1) is 23.2. The fourth-order valence-corrected chi connectivity index (χ4v) is 7.56. The molecule has 2 aromatic carbocycles. The predicted molar refractivity (Wildman–Crippen MR) is 188 cm³/mol. The van der Waals surface area contributed by atoms with Gasteiger partial charge >= 0.3 is 0 Å². The van der Waals surface area contributed by atoms with Crippen molar-refractivity contribution in [1.29, 1.82) is 0 Å². The second-order valence-electron chi connectivity index (χ2n) is 14.1. The van der Waals surface area contributed by atoms with Crippen molar-refractivity contribution in [1.82, 2.24) is 15.8 Å². The summed E-state index contributed by atoms with van der Waals surface area (Å²) in [7, 11) is 0. The monoisotopic (exact) mass is 651 g/mol. The van der Waals surface area contributed by atoms with E-state index in [2.05, 4.69) is 65.1 Å². The van der Waals surface area contributed by atoms with Crippen molar-refractivity contribution in [3.8, 4) is 0 Å². The van der Waals surface area contributed by atoms with E-state index < -0.39 is 5.66 Å².